The van der Waals surface area contributed by atoms with E-state index in [0.717, 1.165) is 0 Å². The topological polar surface area (TPSA) is 66.4 Å². The normalized spacial score (nSPS) is 11.9. The van der Waals surface area contributed by atoms with Crippen LogP contribution >= 0.6 is 35.0 Å². The highest BCUT2D eigenvalue weighted by Gasteiger charge is 2.20. The van der Waals surface area contributed by atoms with Gasteiger partial charge < -0.3 is 10.4 Å². The Balaban J connectivity index is 2.78. The van der Waals surface area contributed by atoms with E-state index in [1.807, 2.05) is 6.26 Å². The molecule has 1 amide bonds. The van der Waals surface area contributed by atoms with E-state index in [0.29, 0.717) is 22.2 Å². The number of carbonyl (C=O) groups is 2. The van der Waals surface area contributed by atoms with Crippen molar-refractivity contribution in [3.05, 3.63) is 33.8 Å². The third-order valence-corrected chi connectivity index (χ3v) is 3.42. The van der Waals surface area contributed by atoms with E-state index in [2.05, 4.69) is 5.32 Å². The van der Waals surface area contributed by atoms with Crippen LogP contribution in [0.1, 0.15) is 16.8 Å². The first-order valence-corrected chi connectivity index (χ1v) is 7.57. The number of carbonyl (C=O) groups excluding carboxylic acids is 1. The highest BCUT2D eigenvalue weighted by molar-refractivity contribution is 7.98. The summed E-state index contributed by atoms with van der Waals surface area (Å²) in [5.41, 5.74) is 0.243. The Morgan fingerprint density at radius 3 is 2.37 bits per heavy atom. The number of rotatable bonds is 6. The summed E-state index contributed by atoms with van der Waals surface area (Å²) in [6, 6.07) is 3.46. The average Bonchev–Trinajstić information content (AvgIpc) is 2.32. The van der Waals surface area contributed by atoms with Gasteiger partial charge in [-0.2, -0.15) is 11.8 Å². The molecule has 0 unspecified atom stereocenters. The van der Waals surface area contributed by atoms with Crippen molar-refractivity contribution in [2.24, 2.45) is 0 Å². The molecule has 0 bridgehead atoms. The Morgan fingerprint density at radius 1 is 1.32 bits per heavy atom. The van der Waals surface area contributed by atoms with Gasteiger partial charge in [0, 0.05) is 15.6 Å². The van der Waals surface area contributed by atoms with E-state index in [-0.39, 0.29) is 5.56 Å². The molecule has 1 aromatic rings. The Morgan fingerprint density at radius 2 is 1.89 bits per heavy atom. The Kier molecular flexibility index (Phi) is 6.48. The number of amides is 1. The number of halogens is 2. The van der Waals surface area contributed by atoms with Gasteiger partial charge in [0.25, 0.3) is 5.91 Å². The Hall–Kier alpha value is -0.910. The summed E-state index contributed by atoms with van der Waals surface area (Å²) < 4.78 is 0. The van der Waals surface area contributed by atoms with Gasteiger partial charge in [0.1, 0.15) is 6.04 Å². The monoisotopic (exact) mass is 321 g/mol. The van der Waals surface area contributed by atoms with E-state index in [1.165, 1.54) is 30.0 Å². The van der Waals surface area contributed by atoms with E-state index < -0.39 is 17.9 Å². The Labute approximate surface area is 125 Å². The summed E-state index contributed by atoms with van der Waals surface area (Å²) in [6.07, 6.45) is 2.23. The lowest BCUT2D eigenvalue weighted by Crippen LogP contribution is -2.41. The molecule has 0 saturated heterocycles. The second-order valence-electron chi connectivity index (χ2n) is 3.80. The van der Waals surface area contributed by atoms with Crippen LogP contribution in [-0.4, -0.2) is 35.0 Å². The lowest BCUT2D eigenvalue weighted by atomic mass is 10.1. The highest BCUT2D eigenvalue weighted by atomic mass is 35.5. The predicted molar refractivity (Wildman–Crippen MR) is 78.4 cm³/mol. The minimum absolute atomic E-state index is 0.243. The molecule has 0 spiro atoms. The van der Waals surface area contributed by atoms with Gasteiger partial charge >= 0.3 is 5.97 Å². The van der Waals surface area contributed by atoms with Gasteiger partial charge in [-0.1, -0.05) is 23.2 Å². The summed E-state index contributed by atoms with van der Waals surface area (Å²) in [5.74, 6) is -0.915. The first-order valence-electron chi connectivity index (χ1n) is 5.42. The van der Waals surface area contributed by atoms with E-state index in [9.17, 15) is 9.59 Å². The van der Waals surface area contributed by atoms with Gasteiger partial charge in [0.2, 0.25) is 0 Å². The quantitative estimate of drug-likeness (QED) is 0.845. The van der Waals surface area contributed by atoms with Crippen molar-refractivity contribution < 1.29 is 14.7 Å². The molecule has 0 heterocycles. The number of carboxylic acid groups (broad SMARTS) is 1. The maximum Gasteiger partial charge on any atom is 0.326 e. The number of benzene rings is 1. The molecule has 7 heteroatoms. The molecule has 0 fully saturated rings. The maximum absolute atomic E-state index is 11.9. The molecule has 1 atom stereocenters. The minimum Gasteiger partial charge on any atom is -0.480 e. The lowest BCUT2D eigenvalue weighted by molar-refractivity contribution is -0.139. The summed E-state index contributed by atoms with van der Waals surface area (Å²) in [5, 5.41) is 12.1. The van der Waals surface area contributed by atoms with Crippen molar-refractivity contribution >= 4 is 46.8 Å². The van der Waals surface area contributed by atoms with Crippen LogP contribution in [0.25, 0.3) is 0 Å². The zero-order valence-electron chi connectivity index (χ0n) is 10.2. The fourth-order valence-corrected chi connectivity index (χ4v) is 2.42. The molecule has 0 aliphatic rings. The molecule has 4 nitrogen and oxygen atoms in total. The zero-order valence-corrected chi connectivity index (χ0v) is 12.5. The summed E-state index contributed by atoms with van der Waals surface area (Å²) >= 11 is 13.1. The molecule has 1 rings (SSSR count). The highest BCUT2D eigenvalue weighted by Crippen LogP contribution is 2.19. The number of carboxylic acids is 1. The number of nitrogens with one attached hydrogen (secondary N) is 1. The fraction of sp³-hybridized carbons (Fsp3) is 0.333. The van der Waals surface area contributed by atoms with Gasteiger partial charge in [0.05, 0.1) is 0 Å². The SMILES string of the molecule is CSCC[C@@H](NC(=O)c1cc(Cl)cc(Cl)c1)C(=O)O. The molecule has 0 aliphatic heterocycles. The van der Waals surface area contributed by atoms with Crippen LogP contribution in [0.5, 0.6) is 0 Å². The van der Waals surface area contributed by atoms with Crippen molar-refractivity contribution in [3.8, 4) is 0 Å². The van der Waals surface area contributed by atoms with Crippen molar-refractivity contribution in [1.82, 2.24) is 5.32 Å². The smallest absolute Gasteiger partial charge is 0.326 e. The summed E-state index contributed by atoms with van der Waals surface area (Å²) in [7, 11) is 0. The molecule has 2 N–H and O–H groups in total. The van der Waals surface area contributed by atoms with Crippen LogP contribution in [-0.2, 0) is 4.79 Å². The first kappa shape index (κ1) is 16.1. The number of aliphatic carboxylic acids is 1. The van der Waals surface area contributed by atoms with Crippen molar-refractivity contribution in [2.45, 2.75) is 12.5 Å². The first-order chi connectivity index (χ1) is 8.93. The summed E-state index contributed by atoms with van der Waals surface area (Å²) in [4.78, 5) is 23.0. The van der Waals surface area contributed by atoms with Crippen molar-refractivity contribution in [3.63, 3.8) is 0 Å². The molecule has 104 valence electrons. The van der Waals surface area contributed by atoms with Crippen LogP contribution in [0.2, 0.25) is 10.0 Å². The molecular formula is C12H13Cl2NO3S. The second-order valence-corrected chi connectivity index (χ2v) is 5.66. The molecule has 0 radical (unpaired) electrons. The molecule has 1 aromatic carbocycles. The molecule has 0 aliphatic carbocycles. The second kappa shape index (κ2) is 7.62. The predicted octanol–water partition coefficient (Wildman–Crippen LogP) is 2.93. The molecule has 0 aromatic heterocycles. The molecule has 0 saturated carbocycles. The van der Waals surface area contributed by atoms with Crippen LogP contribution in [0.4, 0.5) is 0 Å². The third-order valence-electron chi connectivity index (χ3n) is 2.34. The van der Waals surface area contributed by atoms with Gasteiger partial charge in [-0.25, -0.2) is 4.79 Å². The molecular weight excluding hydrogens is 309 g/mol. The number of hydrogen-bond acceptors (Lipinski definition) is 3. The third kappa shape index (κ3) is 5.30. The summed E-state index contributed by atoms with van der Waals surface area (Å²) in [6.45, 7) is 0. The standard InChI is InChI=1S/C12H13Cl2NO3S/c1-19-3-2-10(12(17)18)15-11(16)7-4-8(13)6-9(14)5-7/h4-6,10H,2-3H2,1H3,(H,15,16)(H,17,18)/t10-/m1/s1. The minimum atomic E-state index is -1.06. The Bertz CT molecular complexity index is 462. The van der Waals surface area contributed by atoms with Crippen molar-refractivity contribution in [2.75, 3.05) is 12.0 Å². The molecule has 19 heavy (non-hydrogen) atoms. The van der Waals surface area contributed by atoms with Crippen LogP contribution in [0, 0.1) is 0 Å². The lowest BCUT2D eigenvalue weighted by Gasteiger charge is -2.14. The fourth-order valence-electron chi connectivity index (χ4n) is 1.42. The zero-order chi connectivity index (χ0) is 14.4. The van der Waals surface area contributed by atoms with Crippen molar-refractivity contribution in [1.29, 1.82) is 0 Å². The van der Waals surface area contributed by atoms with E-state index >= 15 is 0 Å². The van der Waals surface area contributed by atoms with Gasteiger partial charge in [-0.3, -0.25) is 4.79 Å². The van der Waals surface area contributed by atoms with E-state index in [1.54, 1.807) is 0 Å². The van der Waals surface area contributed by atoms with Gasteiger partial charge in [0.15, 0.2) is 0 Å². The van der Waals surface area contributed by atoms with Crippen LogP contribution in [0.15, 0.2) is 18.2 Å². The van der Waals surface area contributed by atoms with Gasteiger partial charge in [-0.15, -0.1) is 0 Å². The van der Waals surface area contributed by atoms with E-state index in [4.69, 9.17) is 28.3 Å². The van der Waals surface area contributed by atoms with Crippen LogP contribution < -0.4 is 5.32 Å². The maximum atomic E-state index is 11.9. The number of thioether (sulfide) groups is 1. The largest absolute Gasteiger partial charge is 0.480 e. The average molecular weight is 322 g/mol. The van der Waals surface area contributed by atoms with Crippen LogP contribution in [0.3, 0.4) is 0 Å². The van der Waals surface area contributed by atoms with Gasteiger partial charge in [-0.05, 0) is 36.6 Å². The number of hydrogen-bond donors (Lipinski definition) is 2.